The van der Waals surface area contributed by atoms with Crippen molar-refractivity contribution in [1.29, 1.82) is 0 Å². The van der Waals surface area contributed by atoms with Gasteiger partial charge in [-0.3, -0.25) is 20.4 Å². The second kappa shape index (κ2) is 7.35. The lowest BCUT2D eigenvalue weighted by Gasteiger charge is -2.08. The zero-order valence-corrected chi connectivity index (χ0v) is 14.3. The smallest absolute Gasteiger partial charge is 0.269 e. The molecule has 1 aliphatic heterocycles. The summed E-state index contributed by atoms with van der Waals surface area (Å²) in [6.07, 6.45) is 0.844. The van der Waals surface area contributed by atoms with Crippen LogP contribution in [0, 0.1) is 0 Å². The topological polar surface area (TPSA) is 76.7 Å². The molecule has 6 nitrogen and oxygen atoms in total. The van der Waals surface area contributed by atoms with Crippen molar-refractivity contribution in [2.24, 2.45) is 0 Å². The first-order valence-electron chi connectivity index (χ1n) is 7.36. The minimum Gasteiger partial charge on any atom is -0.454 e. The van der Waals surface area contributed by atoms with Gasteiger partial charge in [-0.2, -0.15) is 0 Å². The number of carbonyl (C=O) groups is 2. The Morgan fingerprint density at radius 3 is 2.67 bits per heavy atom. The van der Waals surface area contributed by atoms with E-state index >= 15 is 0 Å². The van der Waals surface area contributed by atoms with Gasteiger partial charge in [0.2, 0.25) is 12.7 Å². The molecule has 0 bridgehead atoms. The van der Waals surface area contributed by atoms with Crippen LogP contribution in [0.2, 0.25) is 0 Å². The van der Waals surface area contributed by atoms with Crippen molar-refractivity contribution in [1.82, 2.24) is 10.9 Å². The number of nitrogens with one attached hydrogen (secondary N) is 2. The summed E-state index contributed by atoms with van der Waals surface area (Å²) in [7, 11) is 0. The van der Waals surface area contributed by atoms with Crippen LogP contribution in [0.5, 0.6) is 11.5 Å². The third-order valence-electron chi connectivity index (χ3n) is 3.53. The van der Waals surface area contributed by atoms with Gasteiger partial charge in [-0.15, -0.1) is 0 Å². The molecule has 0 aliphatic carbocycles. The Hall–Kier alpha value is -2.54. The minimum absolute atomic E-state index is 0.145. The minimum atomic E-state index is -0.414. The summed E-state index contributed by atoms with van der Waals surface area (Å²) in [5.74, 6) is 0.439. The lowest BCUT2D eigenvalue weighted by molar-refractivity contribution is -0.121. The molecule has 124 valence electrons. The van der Waals surface area contributed by atoms with E-state index in [4.69, 9.17) is 9.47 Å². The van der Waals surface area contributed by atoms with E-state index in [0.29, 0.717) is 23.5 Å². The molecule has 0 radical (unpaired) electrons. The molecular formula is C17H15BrN2O4. The first kappa shape index (κ1) is 16.3. The second-order valence-electron chi connectivity index (χ2n) is 5.16. The van der Waals surface area contributed by atoms with Gasteiger partial charge in [0.25, 0.3) is 5.91 Å². The van der Waals surface area contributed by atoms with Gasteiger partial charge in [0.15, 0.2) is 11.5 Å². The second-order valence-corrected chi connectivity index (χ2v) is 6.02. The van der Waals surface area contributed by atoms with Crippen LogP contribution in [-0.4, -0.2) is 18.6 Å². The fourth-order valence-electron chi connectivity index (χ4n) is 2.25. The molecule has 0 aromatic heterocycles. The van der Waals surface area contributed by atoms with Crippen molar-refractivity contribution < 1.29 is 19.1 Å². The molecule has 1 aliphatic rings. The van der Waals surface area contributed by atoms with Crippen molar-refractivity contribution in [2.45, 2.75) is 12.8 Å². The van der Waals surface area contributed by atoms with Crippen LogP contribution in [0.3, 0.4) is 0 Å². The molecule has 0 fully saturated rings. The Kier molecular flexibility index (Phi) is 5.00. The zero-order chi connectivity index (χ0) is 16.9. The SMILES string of the molecule is O=C(CCc1ccccc1Br)NNC(=O)c1ccc2c(c1)OCO2. The molecule has 0 unspecified atom stereocenters. The van der Waals surface area contributed by atoms with Gasteiger partial charge in [0, 0.05) is 16.5 Å². The van der Waals surface area contributed by atoms with Crippen LogP contribution in [0.15, 0.2) is 46.9 Å². The molecule has 7 heteroatoms. The lowest BCUT2D eigenvalue weighted by Crippen LogP contribution is -2.41. The highest BCUT2D eigenvalue weighted by molar-refractivity contribution is 9.10. The van der Waals surface area contributed by atoms with E-state index in [1.807, 2.05) is 24.3 Å². The van der Waals surface area contributed by atoms with Crippen molar-refractivity contribution in [2.75, 3.05) is 6.79 Å². The first-order valence-corrected chi connectivity index (χ1v) is 8.15. The zero-order valence-electron chi connectivity index (χ0n) is 12.7. The van der Waals surface area contributed by atoms with Crippen LogP contribution < -0.4 is 20.3 Å². The summed E-state index contributed by atoms with van der Waals surface area (Å²) in [5.41, 5.74) is 6.22. The number of ether oxygens (including phenoxy) is 2. The Morgan fingerprint density at radius 2 is 1.83 bits per heavy atom. The number of amides is 2. The van der Waals surface area contributed by atoms with E-state index in [1.54, 1.807) is 18.2 Å². The normalized spacial score (nSPS) is 11.9. The molecule has 2 aromatic carbocycles. The van der Waals surface area contributed by atoms with E-state index in [1.165, 1.54) is 0 Å². The Balaban J connectivity index is 1.49. The van der Waals surface area contributed by atoms with Crippen LogP contribution in [0.4, 0.5) is 0 Å². The van der Waals surface area contributed by atoms with Crippen molar-refractivity contribution in [3.63, 3.8) is 0 Å². The van der Waals surface area contributed by atoms with E-state index in [-0.39, 0.29) is 19.1 Å². The molecule has 2 N–H and O–H groups in total. The van der Waals surface area contributed by atoms with Gasteiger partial charge < -0.3 is 9.47 Å². The molecule has 2 aromatic rings. The van der Waals surface area contributed by atoms with E-state index in [9.17, 15) is 9.59 Å². The monoisotopic (exact) mass is 390 g/mol. The number of hydrogen-bond donors (Lipinski definition) is 2. The molecular weight excluding hydrogens is 376 g/mol. The molecule has 1 heterocycles. The highest BCUT2D eigenvalue weighted by atomic mass is 79.9. The summed E-state index contributed by atoms with van der Waals surface area (Å²) < 4.78 is 11.4. The molecule has 3 rings (SSSR count). The van der Waals surface area contributed by atoms with Crippen molar-refractivity contribution in [3.8, 4) is 11.5 Å². The van der Waals surface area contributed by atoms with Crippen molar-refractivity contribution in [3.05, 3.63) is 58.1 Å². The molecule has 0 atom stereocenters. The maximum atomic E-state index is 12.0. The fourth-order valence-corrected chi connectivity index (χ4v) is 2.73. The van der Waals surface area contributed by atoms with Gasteiger partial charge in [0.05, 0.1) is 0 Å². The van der Waals surface area contributed by atoms with Crippen molar-refractivity contribution >= 4 is 27.7 Å². The highest BCUT2D eigenvalue weighted by Gasteiger charge is 2.16. The average Bonchev–Trinajstić information content (AvgIpc) is 3.06. The number of fused-ring (bicyclic) bond motifs is 1. The van der Waals surface area contributed by atoms with Crippen LogP contribution in [0.25, 0.3) is 0 Å². The number of halogens is 1. The van der Waals surface area contributed by atoms with E-state index in [2.05, 4.69) is 26.8 Å². The fraction of sp³-hybridized carbons (Fsp3) is 0.176. The van der Waals surface area contributed by atoms with Gasteiger partial charge in [0.1, 0.15) is 0 Å². The maximum Gasteiger partial charge on any atom is 0.269 e. The summed E-state index contributed by atoms with van der Waals surface area (Å²) >= 11 is 3.44. The number of hydrogen-bond acceptors (Lipinski definition) is 4. The third kappa shape index (κ3) is 3.86. The summed E-state index contributed by atoms with van der Waals surface area (Å²) in [5, 5.41) is 0. The number of benzene rings is 2. The Bertz CT molecular complexity index is 779. The summed E-state index contributed by atoms with van der Waals surface area (Å²) in [4.78, 5) is 23.9. The van der Waals surface area contributed by atoms with Gasteiger partial charge in [-0.05, 0) is 36.2 Å². The third-order valence-corrected chi connectivity index (χ3v) is 4.30. The summed E-state index contributed by atoms with van der Waals surface area (Å²) in [6.45, 7) is 0.145. The standard InChI is InChI=1S/C17H15BrN2O4/c18-13-4-2-1-3-11(13)6-8-16(21)19-20-17(22)12-5-7-14-15(9-12)24-10-23-14/h1-5,7,9H,6,8,10H2,(H,19,21)(H,20,22). The largest absolute Gasteiger partial charge is 0.454 e. The van der Waals surface area contributed by atoms with E-state index < -0.39 is 5.91 Å². The van der Waals surface area contributed by atoms with Crippen LogP contribution in [-0.2, 0) is 11.2 Å². The number of hydrazine groups is 1. The van der Waals surface area contributed by atoms with Gasteiger partial charge in [-0.1, -0.05) is 34.1 Å². The number of rotatable bonds is 4. The quantitative estimate of drug-likeness (QED) is 0.786. The van der Waals surface area contributed by atoms with Gasteiger partial charge >= 0.3 is 0 Å². The average molecular weight is 391 g/mol. The Labute approximate surface area is 147 Å². The van der Waals surface area contributed by atoms with Crippen LogP contribution in [0.1, 0.15) is 22.3 Å². The predicted molar refractivity (Wildman–Crippen MR) is 90.6 cm³/mol. The number of aryl methyl sites for hydroxylation is 1. The molecule has 2 amide bonds. The lowest BCUT2D eigenvalue weighted by atomic mass is 10.1. The molecule has 24 heavy (non-hydrogen) atoms. The predicted octanol–water partition coefficient (Wildman–Crippen LogP) is 2.57. The maximum absolute atomic E-state index is 12.0. The van der Waals surface area contributed by atoms with Gasteiger partial charge in [-0.25, -0.2) is 0 Å². The molecule has 0 saturated heterocycles. The molecule has 0 spiro atoms. The first-order chi connectivity index (χ1) is 11.6. The van der Waals surface area contributed by atoms with Crippen LogP contribution >= 0.6 is 15.9 Å². The molecule has 0 saturated carbocycles. The van der Waals surface area contributed by atoms with E-state index in [0.717, 1.165) is 10.0 Å². The highest BCUT2D eigenvalue weighted by Crippen LogP contribution is 2.32. The Morgan fingerprint density at radius 1 is 1.04 bits per heavy atom. The summed E-state index contributed by atoms with van der Waals surface area (Å²) in [6, 6.07) is 12.5. The number of carbonyl (C=O) groups excluding carboxylic acids is 2.